The number of rotatable bonds is 7. The number of amides is 2. The van der Waals surface area contributed by atoms with Crippen molar-refractivity contribution in [2.75, 3.05) is 33.9 Å². The van der Waals surface area contributed by atoms with Crippen LogP contribution in [0.1, 0.15) is 44.0 Å². The minimum Gasteiger partial charge on any atom is -0.497 e. The molecular formula is C21H34ClN3O4. The van der Waals surface area contributed by atoms with Gasteiger partial charge in [-0.1, -0.05) is 13.8 Å². The fraction of sp³-hybridized carbons (Fsp3) is 0.619. The molecule has 1 fully saturated rings. The first-order valence-electron chi connectivity index (χ1n) is 9.78. The van der Waals surface area contributed by atoms with Crippen molar-refractivity contribution < 1.29 is 19.1 Å². The number of methoxy groups -OCH3 is 2. The van der Waals surface area contributed by atoms with Crippen molar-refractivity contribution in [1.29, 1.82) is 0 Å². The van der Waals surface area contributed by atoms with Crippen molar-refractivity contribution in [3.8, 4) is 11.5 Å². The lowest BCUT2D eigenvalue weighted by molar-refractivity contribution is -0.128. The lowest BCUT2D eigenvalue weighted by Crippen LogP contribution is -2.57. The summed E-state index contributed by atoms with van der Waals surface area (Å²) < 4.78 is 10.5. The van der Waals surface area contributed by atoms with Crippen LogP contribution < -0.4 is 20.5 Å². The van der Waals surface area contributed by atoms with Gasteiger partial charge in [0.05, 0.1) is 19.8 Å². The average Bonchev–Trinajstić information content (AvgIpc) is 2.72. The molecule has 7 nitrogen and oxygen atoms in total. The Morgan fingerprint density at radius 1 is 1.17 bits per heavy atom. The van der Waals surface area contributed by atoms with Crippen LogP contribution in [0.4, 0.5) is 0 Å². The van der Waals surface area contributed by atoms with E-state index in [0.717, 1.165) is 0 Å². The summed E-state index contributed by atoms with van der Waals surface area (Å²) in [7, 11) is 3.11. The zero-order chi connectivity index (χ0) is 20.9. The Hall–Kier alpha value is -1.99. The van der Waals surface area contributed by atoms with Gasteiger partial charge in [0, 0.05) is 37.2 Å². The third kappa shape index (κ3) is 6.00. The van der Waals surface area contributed by atoms with Gasteiger partial charge in [-0.05, 0) is 37.8 Å². The monoisotopic (exact) mass is 427 g/mol. The van der Waals surface area contributed by atoms with Crippen molar-refractivity contribution in [2.45, 2.75) is 39.2 Å². The lowest BCUT2D eigenvalue weighted by Gasteiger charge is -2.37. The Morgan fingerprint density at radius 2 is 1.69 bits per heavy atom. The number of nitrogens with two attached hydrogens (primary N) is 1. The number of nitrogens with zero attached hydrogens (tertiary/aromatic N) is 1. The second-order valence-electron chi connectivity index (χ2n) is 7.93. The molecule has 1 atom stereocenters. The summed E-state index contributed by atoms with van der Waals surface area (Å²) in [6.45, 7) is 7.55. The molecule has 0 aliphatic carbocycles. The lowest BCUT2D eigenvalue weighted by atomic mass is 9.86. The number of halogens is 1. The van der Waals surface area contributed by atoms with E-state index in [-0.39, 0.29) is 36.1 Å². The highest BCUT2D eigenvalue weighted by molar-refractivity contribution is 5.95. The highest BCUT2D eigenvalue weighted by Gasteiger charge is 2.33. The number of carbonyl (C=O) groups excluding carboxylic acids is 2. The molecule has 1 saturated heterocycles. The molecule has 164 valence electrons. The van der Waals surface area contributed by atoms with Crippen molar-refractivity contribution in [1.82, 2.24) is 10.2 Å². The summed E-state index contributed by atoms with van der Waals surface area (Å²) in [4.78, 5) is 27.3. The van der Waals surface area contributed by atoms with Crippen LogP contribution in [0.25, 0.3) is 0 Å². The topological polar surface area (TPSA) is 93.9 Å². The van der Waals surface area contributed by atoms with Crippen LogP contribution in [0, 0.1) is 11.8 Å². The van der Waals surface area contributed by atoms with Gasteiger partial charge >= 0.3 is 0 Å². The van der Waals surface area contributed by atoms with E-state index in [1.165, 1.54) is 0 Å². The molecule has 1 unspecified atom stereocenters. The number of nitrogens with one attached hydrogen (secondary N) is 1. The molecule has 0 aromatic heterocycles. The van der Waals surface area contributed by atoms with Crippen LogP contribution in [-0.2, 0) is 4.79 Å². The molecule has 2 rings (SSSR count). The molecule has 0 saturated carbocycles. The van der Waals surface area contributed by atoms with Gasteiger partial charge in [0.2, 0.25) is 5.91 Å². The number of likely N-dealkylation sites (tertiary alicyclic amines) is 1. The van der Waals surface area contributed by atoms with Gasteiger partial charge in [-0.2, -0.15) is 0 Å². The summed E-state index contributed by atoms with van der Waals surface area (Å²) >= 11 is 0. The minimum absolute atomic E-state index is 0. The molecule has 0 radical (unpaired) electrons. The zero-order valence-electron chi connectivity index (χ0n) is 18.0. The van der Waals surface area contributed by atoms with Crippen LogP contribution in [-0.4, -0.2) is 56.1 Å². The van der Waals surface area contributed by atoms with Crippen LogP contribution in [0.3, 0.4) is 0 Å². The molecule has 1 heterocycles. The highest BCUT2D eigenvalue weighted by atomic mass is 35.5. The maximum absolute atomic E-state index is 12.9. The number of carbonyl (C=O) groups is 2. The van der Waals surface area contributed by atoms with Gasteiger partial charge < -0.3 is 25.4 Å². The average molecular weight is 428 g/mol. The van der Waals surface area contributed by atoms with Gasteiger partial charge in [0.15, 0.2) is 0 Å². The van der Waals surface area contributed by atoms with Crippen molar-refractivity contribution in [3.63, 3.8) is 0 Å². The van der Waals surface area contributed by atoms with Crippen LogP contribution >= 0.6 is 12.4 Å². The number of hydrogen-bond donors (Lipinski definition) is 2. The molecule has 1 aromatic rings. The second kappa shape index (κ2) is 10.7. The number of benzene rings is 1. The SMILES string of the molecule is COc1cc(OC)cc(C(=O)N2CCC(C(=O)NC(C)(CN)C(C)C)CC2)c1.Cl. The second-order valence-corrected chi connectivity index (χ2v) is 7.93. The maximum atomic E-state index is 12.9. The predicted octanol–water partition coefficient (Wildman–Crippen LogP) is 2.47. The van der Waals surface area contributed by atoms with Gasteiger partial charge in [-0.25, -0.2) is 0 Å². The summed E-state index contributed by atoms with van der Waals surface area (Å²) in [6, 6.07) is 5.15. The number of ether oxygens (including phenoxy) is 2. The minimum atomic E-state index is -0.415. The molecule has 1 aliphatic heterocycles. The smallest absolute Gasteiger partial charge is 0.254 e. The predicted molar refractivity (Wildman–Crippen MR) is 116 cm³/mol. The van der Waals surface area contributed by atoms with Crippen molar-refractivity contribution >= 4 is 24.2 Å². The molecule has 0 bridgehead atoms. The standard InChI is InChI=1S/C21H33N3O4.ClH/c1-14(2)21(3,13-22)23-19(25)15-6-8-24(9-7-15)20(26)16-10-17(27-4)12-18(11-16)28-5;/h10-12,14-15H,6-9,13,22H2,1-5H3,(H,23,25);1H. The largest absolute Gasteiger partial charge is 0.497 e. The first-order chi connectivity index (χ1) is 13.2. The Kier molecular flexibility index (Phi) is 9.23. The molecule has 0 spiro atoms. The first-order valence-corrected chi connectivity index (χ1v) is 9.78. The van der Waals surface area contributed by atoms with Crippen molar-refractivity contribution in [3.05, 3.63) is 23.8 Å². The van der Waals surface area contributed by atoms with E-state index < -0.39 is 5.54 Å². The van der Waals surface area contributed by atoms with Gasteiger partial charge in [0.25, 0.3) is 5.91 Å². The fourth-order valence-corrected chi connectivity index (χ4v) is 3.27. The summed E-state index contributed by atoms with van der Waals surface area (Å²) in [5.74, 6) is 1.24. The van der Waals surface area contributed by atoms with E-state index in [0.29, 0.717) is 49.5 Å². The Labute approximate surface area is 179 Å². The van der Waals surface area contributed by atoms with E-state index in [1.807, 2.05) is 6.92 Å². The van der Waals surface area contributed by atoms with E-state index >= 15 is 0 Å². The highest BCUT2D eigenvalue weighted by Crippen LogP contribution is 2.26. The molecule has 1 aromatic carbocycles. The maximum Gasteiger partial charge on any atom is 0.254 e. The molecule has 2 amide bonds. The Morgan fingerprint density at radius 3 is 2.10 bits per heavy atom. The van der Waals surface area contributed by atoms with Crippen LogP contribution in [0.5, 0.6) is 11.5 Å². The van der Waals surface area contributed by atoms with Gasteiger partial charge in [0.1, 0.15) is 11.5 Å². The Balaban J connectivity index is 0.00000420. The summed E-state index contributed by atoms with van der Waals surface area (Å²) in [6.07, 6.45) is 1.27. The van der Waals surface area contributed by atoms with E-state index in [4.69, 9.17) is 15.2 Å². The molecule has 8 heteroatoms. The summed E-state index contributed by atoms with van der Waals surface area (Å²) in [5.41, 5.74) is 5.98. The van der Waals surface area contributed by atoms with Crippen LogP contribution in [0.15, 0.2) is 18.2 Å². The number of piperidine rings is 1. The molecule has 1 aliphatic rings. The molecular weight excluding hydrogens is 394 g/mol. The van der Waals surface area contributed by atoms with E-state index in [2.05, 4.69) is 19.2 Å². The third-order valence-electron chi connectivity index (χ3n) is 5.86. The first kappa shape index (κ1) is 25.0. The van der Waals surface area contributed by atoms with Gasteiger partial charge in [-0.3, -0.25) is 9.59 Å². The molecule has 3 N–H and O–H groups in total. The van der Waals surface area contributed by atoms with Crippen molar-refractivity contribution in [2.24, 2.45) is 17.6 Å². The van der Waals surface area contributed by atoms with E-state index in [1.54, 1.807) is 37.3 Å². The normalized spacial score (nSPS) is 16.6. The quantitative estimate of drug-likeness (QED) is 0.697. The van der Waals surface area contributed by atoms with Crippen LogP contribution in [0.2, 0.25) is 0 Å². The van der Waals surface area contributed by atoms with E-state index in [9.17, 15) is 9.59 Å². The van der Waals surface area contributed by atoms with Gasteiger partial charge in [-0.15, -0.1) is 12.4 Å². The summed E-state index contributed by atoms with van der Waals surface area (Å²) in [5, 5.41) is 3.12. The number of hydrogen-bond acceptors (Lipinski definition) is 5. The Bertz CT molecular complexity index is 683. The zero-order valence-corrected chi connectivity index (χ0v) is 18.8. The fourth-order valence-electron chi connectivity index (χ4n) is 3.27. The molecule has 29 heavy (non-hydrogen) atoms. The third-order valence-corrected chi connectivity index (χ3v) is 5.86.